The van der Waals surface area contributed by atoms with Crippen LogP contribution in [0.3, 0.4) is 0 Å². The normalized spacial score (nSPS) is 11.6. The minimum Gasteiger partial charge on any atom is -0.373 e. The Morgan fingerprint density at radius 3 is 2.53 bits per heavy atom. The van der Waals surface area contributed by atoms with Crippen molar-refractivity contribution in [2.24, 2.45) is 0 Å². The fourth-order valence-corrected chi connectivity index (χ4v) is 2.28. The lowest BCUT2D eigenvalue weighted by Crippen LogP contribution is -2.22. The van der Waals surface area contributed by atoms with Gasteiger partial charge in [0.1, 0.15) is 13.5 Å². The van der Waals surface area contributed by atoms with E-state index in [0.29, 0.717) is 16.9 Å². The Labute approximate surface area is 105 Å². The van der Waals surface area contributed by atoms with Crippen molar-refractivity contribution in [3.8, 4) is 11.3 Å². The summed E-state index contributed by atoms with van der Waals surface area (Å²) in [6.45, 7) is 0. The van der Waals surface area contributed by atoms with Crippen molar-refractivity contribution in [2.75, 3.05) is 0 Å². The molecule has 4 nitrogen and oxygen atoms in total. The predicted octanol–water partition coefficient (Wildman–Crippen LogP) is -1.21. The summed E-state index contributed by atoms with van der Waals surface area (Å²) in [5, 5.41) is 3.90. The van der Waals surface area contributed by atoms with Crippen molar-refractivity contribution in [2.45, 2.75) is 4.90 Å². The number of nitrogens with zero attached hydrogens (tertiary/aromatic N) is 1. The van der Waals surface area contributed by atoms with Gasteiger partial charge in [-0.2, -0.15) is 0 Å². The third-order valence-electron chi connectivity index (χ3n) is 2.55. The molecule has 0 N–H and O–H groups in total. The van der Waals surface area contributed by atoms with Crippen LogP contribution in [0.1, 0.15) is 0 Å². The zero-order valence-corrected chi connectivity index (χ0v) is 10.8. The van der Waals surface area contributed by atoms with Gasteiger partial charge in [0.05, 0.1) is 10.6 Å². The maximum absolute atomic E-state index is 11.2. The number of aromatic nitrogens is 1. The Balaban J connectivity index is 2.58. The fourth-order valence-electron chi connectivity index (χ4n) is 1.48. The lowest BCUT2D eigenvalue weighted by Gasteiger charge is -2.00. The van der Waals surface area contributed by atoms with E-state index in [1.54, 1.807) is 20.0 Å². The molecule has 1 aromatic carbocycles. The van der Waals surface area contributed by atoms with E-state index >= 15 is 0 Å². The number of benzene rings is 1. The van der Waals surface area contributed by atoms with E-state index in [0.717, 1.165) is 5.46 Å². The van der Waals surface area contributed by atoms with E-state index in [4.69, 9.17) is 15.2 Å². The van der Waals surface area contributed by atoms with Crippen molar-refractivity contribution in [1.29, 1.82) is 0 Å². The van der Waals surface area contributed by atoms with E-state index in [1.807, 2.05) is 7.85 Å². The maximum Gasteiger partial charge on any atom is 0.261 e. The molecular weight excluding hydrogens is 259 g/mol. The Kier molecular flexibility index (Phi) is 3.05. The molecule has 0 unspecified atom stereocenters. The molecule has 0 amide bonds. The van der Waals surface area contributed by atoms with Gasteiger partial charge in [-0.3, -0.25) is 0 Å². The average molecular weight is 267 g/mol. The Morgan fingerprint density at radius 1 is 1.29 bits per heavy atom. The summed E-state index contributed by atoms with van der Waals surface area (Å²) in [5.41, 5.74) is 2.89. The number of hydrogen-bond acceptors (Lipinski definition) is 4. The summed E-state index contributed by atoms with van der Waals surface area (Å²) in [6, 6.07) is 6.30. The Morgan fingerprint density at radius 2 is 2.00 bits per heavy atom. The molecule has 0 bridgehead atoms. The van der Waals surface area contributed by atoms with E-state index in [-0.39, 0.29) is 4.90 Å². The second kappa shape index (κ2) is 4.23. The third kappa shape index (κ3) is 2.40. The quantitative estimate of drug-likeness (QED) is 0.506. The smallest absolute Gasteiger partial charge is 0.261 e. The highest BCUT2D eigenvalue weighted by molar-refractivity contribution is 8.13. The molecule has 0 aliphatic heterocycles. The fraction of sp³-hybridized carbons (Fsp3) is 0. The van der Waals surface area contributed by atoms with Gasteiger partial charge in [0.15, 0.2) is 7.85 Å². The highest BCUT2D eigenvalue weighted by Gasteiger charge is 2.14. The summed E-state index contributed by atoms with van der Waals surface area (Å²) in [5.74, 6) is 0. The van der Waals surface area contributed by atoms with Gasteiger partial charge in [0.25, 0.3) is 9.05 Å². The third-order valence-corrected chi connectivity index (χ3v) is 3.90. The minimum absolute atomic E-state index is 0.0525. The average Bonchev–Trinajstić information content (AvgIpc) is 2.59. The Hall–Kier alpha value is -1.20. The van der Waals surface area contributed by atoms with Gasteiger partial charge in [-0.15, -0.1) is 0 Å². The summed E-state index contributed by atoms with van der Waals surface area (Å²) in [6.07, 6.45) is 0. The number of rotatable bonds is 2. The lowest BCUT2D eigenvalue weighted by molar-refractivity contribution is 0.449. The van der Waals surface area contributed by atoms with E-state index in [9.17, 15) is 8.42 Å². The van der Waals surface area contributed by atoms with Crippen LogP contribution < -0.4 is 11.1 Å². The van der Waals surface area contributed by atoms with Crippen molar-refractivity contribution < 1.29 is 12.9 Å². The molecule has 0 radical (unpaired) electrons. The molecule has 2 rings (SSSR count). The second-order valence-electron chi connectivity index (χ2n) is 3.68. The van der Waals surface area contributed by atoms with Crippen molar-refractivity contribution in [3.05, 3.63) is 24.3 Å². The topological polar surface area (TPSA) is 60.2 Å². The molecule has 8 heteroatoms. The summed E-state index contributed by atoms with van der Waals surface area (Å²) >= 11 is 0. The lowest BCUT2D eigenvalue weighted by atomic mass is 9.84. The van der Waals surface area contributed by atoms with Crippen LogP contribution >= 0.6 is 10.7 Å². The predicted molar refractivity (Wildman–Crippen MR) is 71.3 cm³/mol. The van der Waals surface area contributed by atoms with Crippen LogP contribution in [0.25, 0.3) is 11.3 Å². The molecule has 0 saturated heterocycles. The van der Waals surface area contributed by atoms with Gasteiger partial charge in [0.2, 0.25) is 0 Å². The molecule has 0 aliphatic carbocycles. The van der Waals surface area contributed by atoms with Crippen LogP contribution in [0.5, 0.6) is 0 Å². The highest BCUT2D eigenvalue weighted by atomic mass is 35.7. The molecule has 1 heterocycles. The molecule has 86 valence electrons. The zero-order chi connectivity index (χ0) is 12.6. The van der Waals surface area contributed by atoms with Gasteiger partial charge < -0.3 is 4.52 Å². The van der Waals surface area contributed by atoms with Crippen molar-refractivity contribution in [3.63, 3.8) is 0 Å². The standard InChI is InChI=1S/C9H8B2ClNO3S/c10-7-8(13-16-9(7)11)5-2-1-3-6(4-5)17(12,14)15/h1-4H,10-11H2. The van der Waals surface area contributed by atoms with Crippen LogP contribution in [0.4, 0.5) is 0 Å². The second-order valence-corrected chi connectivity index (χ2v) is 6.24. The van der Waals surface area contributed by atoms with Crippen LogP contribution in [-0.4, -0.2) is 29.3 Å². The van der Waals surface area contributed by atoms with Gasteiger partial charge in [-0.1, -0.05) is 17.3 Å². The van der Waals surface area contributed by atoms with Gasteiger partial charge in [-0.05, 0) is 17.6 Å². The maximum atomic E-state index is 11.2. The van der Waals surface area contributed by atoms with Crippen LogP contribution in [0, 0.1) is 0 Å². The molecular formula is C9H8B2ClNO3S. The van der Waals surface area contributed by atoms with E-state index in [1.165, 1.54) is 12.1 Å². The van der Waals surface area contributed by atoms with Crippen LogP contribution in [0.2, 0.25) is 0 Å². The molecule has 2 aromatic rings. The first-order chi connectivity index (χ1) is 7.89. The largest absolute Gasteiger partial charge is 0.373 e. The van der Waals surface area contributed by atoms with Gasteiger partial charge in [-0.25, -0.2) is 8.42 Å². The summed E-state index contributed by atoms with van der Waals surface area (Å²) < 4.78 is 27.5. The first kappa shape index (κ1) is 12.3. The molecule has 0 fully saturated rings. The SMILES string of the molecule is Bc1onc(-c2cccc(S(=O)(=O)Cl)c2)c1B. The molecule has 0 spiro atoms. The van der Waals surface area contributed by atoms with Crippen molar-refractivity contribution in [1.82, 2.24) is 5.16 Å². The Bertz CT molecular complexity index is 669. The van der Waals surface area contributed by atoms with E-state index in [2.05, 4.69) is 5.16 Å². The van der Waals surface area contributed by atoms with Crippen molar-refractivity contribution >= 4 is 46.5 Å². The summed E-state index contributed by atoms with van der Waals surface area (Å²) in [4.78, 5) is 0.0525. The first-order valence-electron chi connectivity index (χ1n) is 4.87. The van der Waals surface area contributed by atoms with Gasteiger partial charge >= 0.3 is 0 Å². The monoisotopic (exact) mass is 267 g/mol. The summed E-state index contributed by atoms with van der Waals surface area (Å²) in [7, 11) is 5.23. The van der Waals surface area contributed by atoms with Crippen LogP contribution in [-0.2, 0) is 9.05 Å². The molecule has 0 aliphatic rings. The number of hydrogen-bond donors (Lipinski definition) is 0. The molecule has 1 aromatic heterocycles. The first-order valence-corrected chi connectivity index (χ1v) is 7.18. The minimum atomic E-state index is -3.73. The molecule has 0 saturated carbocycles. The highest BCUT2D eigenvalue weighted by Crippen LogP contribution is 2.21. The van der Waals surface area contributed by atoms with E-state index < -0.39 is 9.05 Å². The van der Waals surface area contributed by atoms with Crippen LogP contribution in [0.15, 0.2) is 33.7 Å². The zero-order valence-electron chi connectivity index (χ0n) is 9.27. The number of halogens is 1. The molecule has 17 heavy (non-hydrogen) atoms. The van der Waals surface area contributed by atoms with Gasteiger partial charge in [0, 0.05) is 16.2 Å². The molecule has 0 atom stereocenters.